The van der Waals surface area contributed by atoms with Gasteiger partial charge < -0.3 is 20.1 Å². The first-order chi connectivity index (χ1) is 15.3. The van der Waals surface area contributed by atoms with Crippen molar-refractivity contribution in [2.75, 3.05) is 6.61 Å². The number of fused-ring (bicyclic) bond motifs is 5. The van der Waals surface area contributed by atoms with Crippen LogP contribution in [-0.2, 0) is 19.1 Å². The van der Waals surface area contributed by atoms with E-state index in [-0.39, 0.29) is 30.5 Å². The SMILES string of the molecule is CC(=O)OCC(=O)[C@@]1(O)C(=CF)C[C@H]2[C@@H]3[C@@H](O)CC4=CC(=O)C=C[C@]4(C)[C@@]3(F)[C@@H](O)C[C@@]21C. The van der Waals surface area contributed by atoms with Gasteiger partial charge in [0.05, 0.1) is 18.5 Å². The summed E-state index contributed by atoms with van der Waals surface area (Å²) in [6.07, 6.45) is 0.197. The summed E-state index contributed by atoms with van der Waals surface area (Å²) >= 11 is 0. The molecule has 0 aromatic heterocycles. The molecule has 0 bridgehead atoms. The number of aliphatic hydroxyl groups excluding tert-OH is 2. The fourth-order valence-electron chi connectivity index (χ4n) is 6.99. The van der Waals surface area contributed by atoms with Crippen molar-refractivity contribution in [3.63, 3.8) is 0 Å². The lowest BCUT2D eigenvalue weighted by molar-refractivity contribution is -0.236. The van der Waals surface area contributed by atoms with Crippen molar-refractivity contribution in [1.29, 1.82) is 0 Å². The van der Waals surface area contributed by atoms with E-state index in [0.717, 1.165) is 6.92 Å². The number of ketones is 2. The fraction of sp³-hybridized carbons (Fsp3) is 0.625. The minimum atomic E-state index is -2.46. The number of hydrogen-bond acceptors (Lipinski definition) is 7. The number of alkyl halides is 1. The first-order valence-corrected chi connectivity index (χ1v) is 11.0. The Morgan fingerprint density at radius 2 is 1.94 bits per heavy atom. The maximum Gasteiger partial charge on any atom is 0.303 e. The first-order valence-electron chi connectivity index (χ1n) is 11.0. The number of ether oxygens (including phenoxy) is 1. The topological polar surface area (TPSA) is 121 Å². The second-order valence-electron chi connectivity index (χ2n) is 10.2. The van der Waals surface area contributed by atoms with Crippen molar-refractivity contribution in [2.24, 2.45) is 22.7 Å². The van der Waals surface area contributed by atoms with E-state index in [4.69, 9.17) is 4.74 Å². The molecule has 0 radical (unpaired) electrons. The zero-order valence-electron chi connectivity index (χ0n) is 18.7. The molecule has 8 atom stereocenters. The number of hydrogen-bond donors (Lipinski definition) is 3. The second kappa shape index (κ2) is 7.38. The number of halogens is 2. The van der Waals surface area contributed by atoms with Crippen molar-refractivity contribution >= 4 is 17.5 Å². The zero-order valence-corrected chi connectivity index (χ0v) is 18.7. The van der Waals surface area contributed by atoms with E-state index >= 15 is 4.39 Å². The lowest BCUT2D eigenvalue weighted by Gasteiger charge is -2.63. The molecule has 4 aliphatic carbocycles. The molecule has 4 rings (SSSR count). The van der Waals surface area contributed by atoms with Crippen LogP contribution < -0.4 is 0 Å². The molecule has 0 heterocycles. The maximum atomic E-state index is 17.1. The quantitative estimate of drug-likeness (QED) is 0.541. The minimum absolute atomic E-state index is 0.0449. The van der Waals surface area contributed by atoms with E-state index in [1.54, 1.807) is 6.92 Å². The van der Waals surface area contributed by atoms with Gasteiger partial charge in [-0.1, -0.05) is 18.6 Å². The lowest BCUT2D eigenvalue weighted by atomic mass is 9.44. The van der Waals surface area contributed by atoms with Crippen molar-refractivity contribution in [3.8, 4) is 0 Å². The zero-order chi connectivity index (χ0) is 24.6. The van der Waals surface area contributed by atoms with Crippen LogP contribution in [0.2, 0.25) is 0 Å². The third-order valence-electron chi connectivity index (χ3n) is 8.72. The third kappa shape index (κ3) is 2.85. The predicted molar refractivity (Wildman–Crippen MR) is 111 cm³/mol. The molecule has 0 aromatic rings. The van der Waals surface area contributed by atoms with E-state index in [9.17, 15) is 34.1 Å². The van der Waals surface area contributed by atoms with Crippen LogP contribution in [0.15, 0.2) is 35.7 Å². The summed E-state index contributed by atoms with van der Waals surface area (Å²) in [5, 5.41) is 33.8. The Kier molecular flexibility index (Phi) is 5.35. The molecule has 3 N–H and O–H groups in total. The van der Waals surface area contributed by atoms with Crippen LogP contribution in [0, 0.1) is 22.7 Å². The van der Waals surface area contributed by atoms with Gasteiger partial charge in [0.15, 0.2) is 23.7 Å². The molecule has 0 aliphatic heterocycles. The number of carbonyl (C=O) groups is 3. The Morgan fingerprint density at radius 1 is 1.27 bits per heavy atom. The van der Waals surface area contributed by atoms with Gasteiger partial charge in [-0.3, -0.25) is 14.4 Å². The Hall–Kier alpha value is -2.23. The van der Waals surface area contributed by atoms with Crippen LogP contribution in [0.5, 0.6) is 0 Å². The third-order valence-corrected chi connectivity index (χ3v) is 8.72. The summed E-state index contributed by atoms with van der Waals surface area (Å²) < 4.78 is 35.8. The summed E-state index contributed by atoms with van der Waals surface area (Å²) in [5.41, 5.74) is -7.81. The van der Waals surface area contributed by atoms with Crippen molar-refractivity contribution in [1.82, 2.24) is 0 Å². The van der Waals surface area contributed by atoms with Gasteiger partial charge in [0.25, 0.3) is 0 Å². The van der Waals surface area contributed by atoms with E-state index in [2.05, 4.69) is 0 Å². The van der Waals surface area contributed by atoms with E-state index in [0.29, 0.717) is 5.57 Å². The normalized spacial score (nSPS) is 47.5. The monoisotopic (exact) mass is 466 g/mol. The first kappa shape index (κ1) is 23.9. The molecule has 4 aliphatic rings. The van der Waals surface area contributed by atoms with Crippen molar-refractivity contribution in [3.05, 3.63) is 35.7 Å². The molecule has 0 saturated heterocycles. The van der Waals surface area contributed by atoms with Gasteiger partial charge in [-0.2, -0.15) is 0 Å². The van der Waals surface area contributed by atoms with Gasteiger partial charge >= 0.3 is 5.97 Å². The van der Waals surface area contributed by atoms with Gasteiger partial charge in [-0.05, 0) is 49.8 Å². The van der Waals surface area contributed by atoms with E-state index in [1.807, 2.05) is 0 Å². The standard InChI is InChI=1S/C24H28F2O7/c1-12(27)33-11-19(31)24(32)14(10-25)7-16-20-17(29)8-13-6-15(28)4-5-21(13,2)23(20,26)18(30)9-22(16,24)3/h4-6,10,16-18,20,29-30,32H,7-9,11H2,1-3H3/t16-,17-,18-,20+,21-,22-,23+,24-/m0/s1. The number of esters is 1. The molecular formula is C24H28F2O7. The van der Waals surface area contributed by atoms with Crippen LogP contribution in [0.4, 0.5) is 8.78 Å². The van der Waals surface area contributed by atoms with Crippen LogP contribution in [0.3, 0.4) is 0 Å². The second-order valence-corrected chi connectivity index (χ2v) is 10.2. The number of carbonyl (C=O) groups excluding carboxylic acids is 3. The van der Waals surface area contributed by atoms with Gasteiger partial charge in [0.2, 0.25) is 5.78 Å². The summed E-state index contributed by atoms with van der Waals surface area (Å²) in [5.74, 6) is -4.28. The Balaban J connectivity index is 1.84. The largest absolute Gasteiger partial charge is 0.458 e. The average molecular weight is 466 g/mol. The molecule has 0 amide bonds. The number of aliphatic hydroxyl groups is 3. The summed E-state index contributed by atoms with van der Waals surface area (Å²) in [4.78, 5) is 36.1. The highest BCUT2D eigenvalue weighted by Gasteiger charge is 2.77. The van der Waals surface area contributed by atoms with Crippen LogP contribution in [0.25, 0.3) is 0 Å². The molecule has 33 heavy (non-hydrogen) atoms. The molecule has 0 spiro atoms. The van der Waals surface area contributed by atoms with Crippen LogP contribution in [0.1, 0.15) is 40.0 Å². The number of allylic oxidation sites excluding steroid dienone is 3. The summed E-state index contributed by atoms with van der Waals surface area (Å²) in [6, 6.07) is 0. The van der Waals surface area contributed by atoms with Crippen LogP contribution >= 0.6 is 0 Å². The smallest absolute Gasteiger partial charge is 0.303 e. The highest BCUT2D eigenvalue weighted by Crippen LogP contribution is 2.70. The highest BCUT2D eigenvalue weighted by molar-refractivity contribution is 6.01. The Bertz CT molecular complexity index is 1020. The van der Waals surface area contributed by atoms with Crippen LogP contribution in [-0.4, -0.2) is 62.9 Å². The minimum Gasteiger partial charge on any atom is -0.458 e. The van der Waals surface area contributed by atoms with Gasteiger partial charge in [0.1, 0.15) is 0 Å². The number of rotatable bonds is 3. The molecule has 180 valence electrons. The van der Waals surface area contributed by atoms with Gasteiger partial charge in [-0.25, -0.2) is 8.78 Å². The van der Waals surface area contributed by atoms with E-state index < -0.39 is 70.9 Å². The maximum absolute atomic E-state index is 17.1. The molecule has 3 saturated carbocycles. The molecule has 0 unspecified atom stereocenters. The molecule has 9 heteroatoms. The lowest BCUT2D eigenvalue weighted by Crippen LogP contribution is -2.71. The highest BCUT2D eigenvalue weighted by atomic mass is 19.1. The summed E-state index contributed by atoms with van der Waals surface area (Å²) in [7, 11) is 0. The number of Topliss-reactive ketones (excluding diaryl/α,β-unsaturated/α-hetero) is 1. The van der Waals surface area contributed by atoms with Gasteiger partial charge in [-0.15, -0.1) is 0 Å². The molecule has 7 nitrogen and oxygen atoms in total. The van der Waals surface area contributed by atoms with Gasteiger partial charge in [0, 0.05) is 23.7 Å². The Labute approximate surface area is 189 Å². The van der Waals surface area contributed by atoms with Crippen molar-refractivity contribution < 1.29 is 43.2 Å². The summed E-state index contributed by atoms with van der Waals surface area (Å²) in [6.45, 7) is 3.27. The van der Waals surface area contributed by atoms with Crippen molar-refractivity contribution in [2.45, 2.75) is 63.5 Å². The molecule has 0 aromatic carbocycles. The van der Waals surface area contributed by atoms with E-state index in [1.165, 1.54) is 25.2 Å². The fourth-order valence-corrected chi connectivity index (χ4v) is 6.99. The average Bonchev–Trinajstić information content (AvgIpc) is 2.96. The Morgan fingerprint density at radius 3 is 2.55 bits per heavy atom. The predicted octanol–water partition coefficient (Wildman–Crippen LogP) is 1.65. The molecular weight excluding hydrogens is 438 g/mol. The molecule has 3 fully saturated rings.